The van der Waals surface area contributed by atoms with Crippen LogP contribution in [0.1, 0.15) is 46.0 Å². The number of rotatable bonds is 7. The van der Waals surface area contributed by atoms with Crippen LogP contribution in [-0.2, 0) is 0 Å². The van der Waals surface area contributed by atoms with Crippen molar-refractivity contribution in [3.8, 4) is 23.0 Å². The molecule has 6 heterocycles. The van der Waals surface area contributed by atoms with Crippen LogP contribution in [0.2, 0.25) is 0 Å². The van der Waals surface area contributed by atoms with Crippen molar-refractivity contribution in [2.75, 3.05) is 37.7 Å². The molecule has 1 N–H and O–H groups in total. The van der Waals surface area contributed by atoms with Crippen LogP contribution in [0.4, 0.5) is 14.6 Å². The van der Waals surface area contributed by atoms with E-state index in [2.05, 4.69) is 25.1 Å². The summed E-state index contributed by atoms with van der Waals surface area (Å²) in [6.45, 7) is 7.03. The van der Waals surface area contributed by atoms with Gasteiger partial charge in [-0.25, -0.2) is 8.78 Å². The van der Waals surface area contributed by atoms with Gasteiger partial charge in [0.15, 0.2) is 5.82 Å². The predicted octanol–water partition coefficient (Wildman–Crippen LogP) is 4.51. The van der Waals surface area contributed by atoms with E-state index in [1.165, 1.54) is 0 Å². The summed E-state index contributed by atoms with van der Waals surface area (Å²) in [5.74, 6) is 0.669. The Morgan fingerprint density at radius 2 is 1.93 bits per heavy atom. The van der Waals surface area contributed by atoms with Crippen LogP contribution in [0.15, 0.2) is 30.5 Å². The Bertz CT molecular complexity index is 1410. The maximum absolute atomic E-state index is 16.4. The SMILES string of the molecule is CC(C)Oc1ccccc1-c1ncc2c(N3CC4CCC(C3)N4)nc(OC[C@@]34CCCN3C[C@H](F)C4)nc2c1F. The Labute approximate surface area is 233 Å². The monoisotopic (exact) mass is 550 g/mol. The number of hydrogen-bond donors (Lipinski definition) is 1. The van der Waals surface area contributed by atoms with Gasteiger partial charge in [0.1, 0.15) is 35.6 Å². The standard InChI is InChI=1S/C30H36F2N6O2/c1-18(2)40-24-7-4-3-6-22(24)26-25(32)27-23(13-33-26)28(37-15-20-8-9-21(16-37)34-20)36-29(35-27)39-17-30-10-5-11-38(30)14-19(31)12-30/h3-4,6-7,13,18-21,34H,5,8-12,14-17H2,1-2H3/t19-,20?,21?,30+/m1/s1. The normalized spacial score (nSPS) is 28.0. The van der Waals surface area contributed by atoms with Crippen LogP contribution in [0, 0.1) is 5.82 Å². The minimum absolute atomic E-state index is 0.0734. The molecular formula is C30H36F2N6O2. The van der Waals surface area contributed by atoms with Gasteiger partial charge in [-0.3, -0.25) is 9.88 Å². The van der Waals surface area contributed by atoms with Crippen molar-refractivity contribution in [2.24, 2.45) is 0 Å². The minimum atomic E-state index is -0.854. The van der Waals surface area contributed by atoms with E-state index in [0.29, 0.717) is 47.6 Å². The lowest BCUT2D eigenvalue weighted by molar-refractivity contribution is 0.107. The van der Waals surface area contributed by atoms with Crippen molar-refractivity contribution in [3.05, 3.63) is 36.3 Å². The lowest BCUT2D eigenvalue weighted by Crippen LogP contribution is -2.51. The fraction of sp³-hybridized carbons (Fsp3) is 0.567. The second-order valence-corrected chi connectivity index (χ2v) is 12.1. The molecule has 4 fully saturated rings. The number of benzene rings is 1. The molecule has 0 radical (unpaired) electrons. The third kappa shape index (κ3) is 4.55. The second-order valence-electron chi connectivity index (χ2n) is 12.1. The van der Waals surface area contributed by atoms with Crippen LogP contribution in [0.3, 0.4) is 0 Å². The minimum Gasteiger partial charge on any atom is -0.490 e. The average molecular weight is 551 g/mol. The Morgan fingerprint density at radius 1 is 1.12 bits per heavy atom. The van der Waals surface area contributed by atoms with E-state index < -0.39 is 12.0 Å². The van der Waals surface area contributed by atoms with Crippen molar-refractivity contribution in [3.63, 3.8) is 0 Å². The topological polar surface area (TPSA) is 75.6 Å². The van der Waals surface area contributed by atoms with E-state index in [9.17, 15) is 4.39 Å². The molecule has 212 valence electrons. The van der Waals surface area contributed by atoms with Gasteiger partial charge in [0.05, 0.1) is 17.0 Å². The maximum atomic E-state index is 16.4. The molecule has 4 atom stereocenters. The molecule has 1 aromatic carbocycles. The summed E-state index contributed by atoms with van der Waals surface area (Å²) in [4.78, 5) is 18.4. The number of nitrogens with one attached hydrogen (secondary N) is 1. The molecule has 10 heteroatoms. The number of aromatic nitrogens is 3. The highest BCUT2D eigenvalue weighted by Gasteiger charge is 2.49. The Kier molecular flexibility index (Phi) is 6.50. The lowest BCUT2D eigenvalue weighted by atomic mass is 9.95. The lowest BCUT2D eigenvalue weighted by Gasteiger charge is -2.34. The highest BCUT2D eigenvalue weighted by Crippen LogP contribution is 2.41. The number of para-hydroxylation sites is 1. The summed E-state index contributed by atoms with van der Waals surface area (Å²) in [7, 11) is 0. The van der Waals surface area contributed by atoms with Crippen molar-refractivity contribution < 1.29 is 18.3 Å². The molecular weight excluding hydrogens is 514 g/mol. The molecule has 7 rings (SSSR count). The van der Waals surface area contributed by atoms with Gasteiger partial charge in [-0.05, 0) is 58.2 Å². The van der Waals surface area contributed by atoms with Gasteiger partial charge < -0.3 is 19.7 Å². The number of halogens is 2. The third-order valence-corrected chi connectivity index (χ3v) is 8.90. The molecule has 0 aliphatic carbocycles. The molecule has 40 heavy (non-hydrogen) atoms. The first-order chi connectivity index (χ1) is 19.4. The number of pyridine rings is 1. The summed E-state index contributed by atoms with van der Waals surface area (Å²) in [5.41, 5.74) is 0.572. The van der Waals surface area contributed by atoms with Gasteiger partial charge >= 0.3 is 6.01 Å². The first-order valence-corrected chi connectivity index (χ1v) is 14.5. The number of alkyl halides is 1. The molecule has 2 unspecified atom stereocenters. The van der Waals surface area contributed by atoms with Crippen LogP contribution >= 0.6 is 0 Å². The van der Waals surface area contributed by atoms with Gasteiger partial charge in [-0.1, -0.05) is 12.1 Å². The summed E-state index contributed by atoms with van der Waals surface area (Å²) in [5, 5.41) is 4.20. The fourth-order valence-electron chi connectivity index (χ4n) is 7.15. The molecule has 0 amide bonds. The predicted molar refractivity (Wildman–Crippen MR) is 149 cm³/mol. The highest BCUT2D eigenvalue weighted by molar-refractivity contribution is 5.92. The molecule has 8 nitrogen and oxygen atoms in total. The molecule has 3 aromatic rings. The zero-order valence-electron chi connectivity index (χ0n) is 23.1. The van der Waals surface area contributed by atoms with Crippen molar-refractivity contribution >= 4 is 16.7 Å². The molecule has 4 aliphatic rings. The number of anilines is 1. The first kappa shape index (κ1) is 25.8. The summed E-state index contributed by atoms with van der Waals surface area (Å²) >= 11 is 0. The number of piperazine rings is 1. The van der Waals surface area contributed by atoms with Gasteiger partial charge in [0.2, 0.25) is 0 Å². The quantitative estimate of drug-likeness (QED) is 0.461. The highest BCUT2D eigenvalue weighted by atomic mass is 19.1. The second kappa shape index (κ2) is 10.1. The molecule has 2 bridgehead atoms. The van der Waals surface area contributed by atoms with Crippen LogP contribution in [-0.4, -0.2) is 82.5 Å². The molecule has 0 saturated carbocycles. The van der Waals surface area contributed by atoms with Crippen LogP contribution in [0.25, 0.3) is 22.2 Å². The van der Waals surface area contributed by atoms with E-state index in [1.54, 1.807) is 6.20 Å². The number of hydrogen-bond acceptors (Lipinski definition) is 8. The van der Waals surface area contributed by atoms with Gasteiger partial charge in [0.25, 0.3) is 0 Å². The van der Waals surface area contributed by atoms with E-state index in [-0.39, 0.29) is 35.5 Å². The Hall–Kier alpha value is -3.11. The summed E-state index contributed by atoms with van der Waals surface area (Å²) < 4.78 is 43.0. The van der Waals surface area contributed by atoms with Crippen molar-refractivity contribution in [2.45, 2.75) is 75.8 Å². The Balaban J connectivity index is 1.30. The van der Waals surface area contributed by atoms with Crippen molar-refractivity contribution in [1.82, 2.24) is 25.2 Å². The smallest absolute Gasteiger partial charge is 0.319 e. The van der Waals surface area contributed by atoms with Gasteiger partial charge in [-0.2, -0.15) is 9.97 Å². The van der Waals surface area contributed by atoms with E-state index >= 15 is 4.39 Å². The van der Waals surface area contributed by atoms with Crippen LogP contribution < -0.4 is 19.7 Å². The van der Waals surface area contributed by atoms with E-state index in [1.807, 2.05) is 38.1 Å². The largest absolute Gasteiger partial charge is 0.490 e. The molecule has 0 spiro atoms. The summed E-state index contributed by atoms with van der Waals surface area (Å²) in [6, 6.07) is 8.21. The third-order valence-electron chi connectivity index (χ3n) is 8.90. The van der Waals surface area contributed by atoms with Gasteiger partial charge in [-0.15, -0.1) is 0 Å². The number of fused-ring (bicyclic) bond motifs is 4. The average Bonchev–Trinajstić information content (AvgIpc) is 3.58. The van der Waals surface area contributed by atoms with Crippen molar-refractivity contribution in [1.29, 1.82) is 0 Å². The van der Waals surface area contributed by atoms with Gasteiger partial charge in [0, 0.05) is 49.9 Å². The molecule has 2 aromatic heterocycles. The Morgan fingerprint density at radius 3 is 2.73 bits per heavy atom. The van der Waals surface area contributed by atoms with E-state index in [4.69, 9.17) is 14.5 Å². The zero-order valence-corrected chi connectivity index (χ0v) is 23.1. The number of ether oxygens (including phenoxy) is 2. The first-order valence-electron chi connectivity index (χ1n) is 14.5. The van der Waals surface area contributed by atoms with E-state index in [0.717, 1.165) is 45.3 Å². The molecule has 4 saturated heterocycles. The molecule has 4 aliphatic heterocycles. The zero-order chi connectivity index (χ0) is 27.4. The van der Waals surface area contributed by atoms with Crippen LogP contribution in [0.5, 0.6) is 11.8 Å². The summed E-state index contributed by atoms with van der Waals surface area (Å²) in [6.07, 6.45) is 5.31. The maximum Gasteiger partial charge on any atom is 0.319 e. The number of nitrogens with zero attached hydrogens (tertiary/aromatic N) is 5. The fourth-order valence-corrected chi connectivity index (χ4v) is 7.15.